The van der Waals surface area contributed by atoms with Gasteiger partial charge in [-0.25, -0.2) is 9.59 Å². The van der Waals surface area contributed by atoms with Gasteiger partial charge in [-0.3, -0.25) is 0 Å². The zero-order valence-electron chi connectivity index (χ0n) is 10.7. The van der Waals surface area contributed by atoms with Gasteiger partial charge in [0.15, 0.2) is 0 Å². The molecule has 0 rings (SSSR count). The van der Waals surface area contributed by atoms with Crippen LogP contribution in [0.2, 0.25) is 0 Å². The van der Waals surface area contributed by atoms with E-state index in [0.717, 1.165) is 6.08 Å². The molecule has 0 amide bonds. The van der Waals surface area contributed by atoms with Gasteiger partial charge in [-0.1, -0.05) is 20.8 Å². The second kappa shape index (κ2) is 4.68. The molecule has 1 N–H and O–H groups in total. The van der Waals surface area contributed by atoms with Crippen LogP contribution in [0, 0.1) is 5.41 Å². The number of hydrogen-bond donors (Lipinski definition) is 1. The maximum absolute atomic E-state index is 11.5. The fourth-order valence-corrected chi connectivity index (χ4v) is 1.05. The average molecular weight is 228 g/mol. The van der Waals surface area contributed by atoms with Crippen molar-refractivity contribution in [3.05, 3.63) is 11.6 Å². The Hall–Kier alpha value is -1.32. The zero-order chi connectivity index (χ0) is 13.1. The molecule has 0 aromatic rings. The van der Waals surface area contributed by atoms with Gasteiger partial charge >= 0.3 is 11.9 Å². The van der Waals surface area contributed by atoms with Crippen LogP contribution in [-0.4, -0.2) is 22.6 Å². The first-order chi connectivity index (χ1) is 6.93. The SMILES string of the molecule is CC(C)(C)OC(=O)/C=C(\C(=O)O)C(C)(C)C. The van der Waals surface area contributed by atoms with Crippen molar-refractivity contribution in [2.75, 3.05) is 0 Å². The Bertz CT molecular complexity index is 313. The molecule has 0 aromatic carbocycles. The van der Waals surface area contributed by atoms with E-state index >= 15 is 0 Å². The van der Waals surface area contributed by atoms with E-state index in [2.05, 4.69) is 0 Å². The maximum atomic E-state index is 11.5. The van der Waals surface area contributed by atoms with Gasteiger partial charge in [0.2, 0.25) is 0 Å². The number of carboxylic acid groups (broad SMARTS) is 1. The smallest absolute Gasteiger partial charge is 0.332 e. The number of rotatable bonds is 2. The molecule has 0 atom stereocenters. The van der Waals surface area contributed by atoms with Crippen molar-refractivity contribution >= 4 is 11.9 Å². The van der Waals surface area contributed by atoms with Gasteiger partial charge < -0.3 is 9.84 Å². The lowest BCUT2D eigenvalue weighted by molar-refractivity contribution is -0.149. The molecule has 16 heavy (non-hydrogen) atoms. The van der Waals surface area contributed by atoms with Crippen molar-refractivity contribution in [3.8, 4) is 0 Å². The highest BCUT2D eigenvalue weighted by Crippen LogP contribution is 2.25. The molecule has 0 heterocycles. The minimum Gasteiger partial charge on any atom is -0.478 e. The predicted molar refractivity (Wildman–Crippen MR) is 61.0 cm³/mol. The Labute approximate surface area is 96.3 Å². The highest BCUT2D eigenvalue weighted by molar-refractivity contribution is 5.96. The van der Waals surface area contributed by atoms with Crippen LogP contribution in [0.25, 0.3) is 0 Å². The van der Waals surface area contributed by atoms with Gasteiger partial charge in [0, 0.05) is 11.6 Å². The molecule has 0 saturated heterocycles. The van der Waals surface area contributed by atoms with Crippen LogP contribution in [0.5, 0.6) is 0 Å². The molecule has 4 heteroatoms. The Balaban J connectivity index is 4.97. The summed E-state index contributed by atoms with van der Waals surface area (Å²) in [5.41, 5.74) is -1.17. The Morgan fingerprint density at radius 1 is 1.06 bits per heavy atom. The molecule has 0 spiro atoms. The first-order valence-corrected chi connectivity index (χ1v) is 5.12. The molecule has 0 unspecified atom stereocenters. The van der Waals surface area contributed by atoms with Gasteiger partial charge in [0.25, 0.3) is 0 Å². The fraction of sp³-hybridized carbons (Fsp3) is 0.667. The highest BCUT2D eigenvalue weighted by atomic mass is 16.6. The standard InChI is InChI=1S/C12H20O4/c1-11(2,3)8(10(14)15)7-9(13)16-12(4,5)6/h7H,1-6H3,(H,14,15)/b8-7+. The number of carboxylic acids is 1. The lowest BCUT2D eigenvalue weighted by Gasteiger charge is -2.21. The average Bonchev–Trinajstić information content (AvgIpc) is 1.93. The van der Waals surface area contributed by atoms with Crippen molar-refractivity contribution < 1.29 is 19.4 Å². The normalized spacial score (nSPS) is 13.5. The van der Waals surface area contributed by atoms with E-state index in [9.17, 15) is 9.59 Å². The van der Waals surface area contributed by atoms with E-state index in [1.807, 2.05) is 0 Å². The van der Waals surface area contributed by atoms with Crippen LogP contribution in [-0.2, 0) is 14.3 Å². The van der Waals surface area contributed by atoms with E-state index in [1.54, 1.807) is 41.5 Å². The van der Waals surface area contributed by atoms with Crippen LogP contribution >= 0.6 is 0 Å². The Kier molecular flexibility index (Phi) is 4.29. The summed E-state index contributed by atoms with van der Waals surface area (Å²) in [5, 5.41) is 8.98. The van der Waals surface area contributed by atoms with E-state index < -0.39 is 23.0 Å². The third kappa shape index (κ3) is 5.53. The first-order valence-electron chi connectivity index (χ1n) is 5.12. The summed E-state index contributed by atoms with van der Waals surface area (Å²) in [4.78, 5) is 22.4. The van der Waals surface area contributed by atoms with Gasteiger partial charge in [-0.05, 0) is 26.2 Å². The Morgan fingerprint density at radius 3 is 1.75 bits per heavy atom. The quantitative estimate of drug-likeness (QED) is 0.582. The second-order valence-corrected chi connectivity index (χ2v) is 5.65. The van der Waals surface area contributed by atoms with Gasteiger partial charge in [0.1, 0.15) is 5.60 Å². The second-order valence-electron chi connectivity index (χ2n) is 5.65. The summed E-state index contributed by atoms with van der Waals surface area (Å²) in [5.74, 6) is -1.72. The van der Waals surface area contributed by atoms with Crippen molar-refractivity contribution in [2.45, 2.75) is 47.1 Å². The predicted octanol–water partition coefficient (Wildman–Crippen LogP) is 2.39. The lowest BCUT2D eigenvalue weighted by atomic mass is 9.86. The molecule has 0 aliphatic heterocycles. The van der Waals surface area contributed by atoms with Crippen molar-refractivity contribution in [2.24, 2.45) is 5.41 Å². The Morgan fingerprint density at radius 2 is 1.50 bits per heavy atom. The molecule has 0 saturated carbocycles. The van der Waals surface area contributed by atoms with Gasteiger partial charge in [0.05, 0.1) is 0 Å². The van der Waals surface area contributed by atoms with Gasteiger partial charge in [-0.15, -0.1) is 0 Å². The zero-order valence-corrected chi connectivity index (χ0v) is 10.7. The summed E-state index contributed by atoms with van der Waals surface area (Å²) < 4.78 is 5.03. The van der Waals surface area contributed by atoms with E-state index in [-0.39, 0.29) is 5.57 Å². The molecular weight excluding hydrogens is 208 g/mol. The summed E-state index contributed by atoms with van der Waals surface area (Å²) >= 11 is 0. The van der Waals surface area contributed by atoms with Crippen LogP contribution < -0.4 is 0 Å². The monoisotopic (exact) mass is 228 g/mol. The summed E-state index contributed by atoms with van der Waals surface area (Å²) in [7, 11) is 0. The molecule has 0 aliphatic carbocycles. The van der Waals surface area contributed by atoms with E-state index in [1.165, 1.54) is 0 Å². The molecule has 0 radical (unpaired) electrons. The highest BCUT2D eigenvalue weighted by Gasteiger charge is 2.25. The molecular formula is C12H20O4. The van der Waals surface area contributed by atoms with Crippen LogP contribution in [0.1, 0.15) is 41.5 Å². The van der Waals surface area contributed by atoms with E-state index in [0.29, 0.717) is 0 Å². The molecule has 0 bridgehead atoms. The minimum absolute atomic E-state index is 0.0433. The molecule has 4 nitrogen and oxygen atoms in total. The maximum Gasteiger partial charge on any atom is 0.332 e. The molecule has 0 aromatic heterocycles. The van der Waals surface area contributed by atoms with E-state index in [4.69, 9.17) is 9.84 Å². The minimum atomic E-state index is -1.10. The molecule has 0 fully saturated rings. The summed E-state index contributed by atoms with van der Waals surface area (Å²) in [6, 6.07) is 0. The van der Waals surface area contributed by atoms with Crippen molar-refractivity contribution in [1.82, 2.24) is 0 Å². The third-order valence-electron chi connectivity index (χ3n) is 1.71. The van der Waals surface area contributed by atoms with Crippen LogP contribution in [0.3, 0.4) is 0 Å². The van der Waals surface area contributed by atoms with Crippen LogP contribution in [0.15, 0.2) is 11.6 Å². The topological polar surface area (TPSA) is 63.6 Å². The largest absolute Gasteiger partial charge is 0.478 e. The summed E-state index contributed by atoms with van der Waals surface area (Å²) in [6.07, 6.45) is 1.05. The van der Waals surface area contributed by atoms with Crippen molar-refractivity contribution in [1.29, 1.82) is 0 Å². The number of carbonyl (C=O) groups excluding carboxylic acids is 1. The number of aliphatic carboxylic acids is 1. The third-order valence-corrected chi connectivity index (χ3v) is 1.71. The van der Waals surface area contributed by atoms with Crippen LogP contribution in [0.4, 0.5) is 0 Å². The lowest BCUT2D eigenvalue weighted by Crippen LogP contribution is -2.25. The number of ether oxygens (including phenoxy) is 1. The molecule has 0 aliphatic rings. The summed E-state index contributed by atoms with van der Waals surface area (Å²) in [6.45, 7) is 10.4. The first kappa shape index (κ1) is 14.7. The number of carbonyl (C=O) groups is 2. The number of hydrogen-bond acceptors (Lipinski definition) is 3. The van der Waals surface area contributed by atoms with Crippen molar-refractivity contribution in [3.63, 3.8) is 0 Å². The molecule has 92 valence electrons. The number of esters is 1. The van der Waals surface area contributed by atoms with Gasteiger partial charge in [-0.2, -0.15) is 0 Å². The fourth-order valence-electron chi connectivity index (χ4n) is 1.05.